The van der Waals surface area contributed by atoms with E-state index in [0.29, 0.717) is 6.42 Å². The maximum absolute atomic E-state index is 12.2. The molecule has 25 heavy (non-hydrogen) atoms. The van der Waals surface area contributed by atoms with Crippen LogP contribution in [0.5, 0.6) is 5.75 Å². The van der Waals surface area contributed by atoms with Crippen molar-refractivity contribution in [1.29, 1.82) is 0 Å². The van der Waals surface area contributed by atoms with Gasteiger partial charge >= 0.3 is 0 Å². The van der Waals surface area contributed by atoms with Crippen LogP contribution in [0, 0.1) is 0 Å². The zero-order valence-electron chi connectivity index (χ0n) is 14.3. The van der Waals surface area contributed by atoms with Crippen molar-refractivity contribution >= 4 is 22.7 Å². The molecule has 0 aliphatic heterocycles. The van der Waals surface area contributed by atoms with Crippen molar-refractivity contribution in [3.05, 3.63) is 60.4 Å². The van der Waals surface area contributed by atoms with Crippen molar-refractivity contribution in [2.75, 3.05) is 7.11 Å². The number of nitrogens with zero attached hydrogens (tertiary/aromatic N) is 3. The highest BCUT2D eigenvalue weighted by Crippen LogP contribution is 2.13. The van der Waals surface area contributed by atoms with Gasteiger partial charge in [-0.25, -0.2) is 10.4 Å². The zero-order chi connectivity index (χ0) is 17.6. The summed E-state index contributed by atoms with van der Waals surface area (Å²) in [6.45, 7) is 2.17. The van der Waals surface area contributed by atoms with E-state index < -0.39 is 0 Å². The number of ether oxygens (including phenoxy) is 1. The van der Waals surface area contributed by atoms with Gasteiger partial charge in [0.15, 0.2) is 0 Å². The maximum Gasteiger partial charge on any atom is 0.260 e. The Labute approximate surface area is 146 Å². The first-order valence-corrected chi connectivity index (χ1v) is 8.11. The summed E-state index contributed by atoms with van der Waals surface area (Å²) in [6, 6.07) is 15.3. The first-order chi connectivity index (χ1) is 12.2. The number of carbonyl (C=O) groups excluding carboxylic acids is 1. The highest BCUT2D eigenvalue weighted by molar-refractivity contribution is 6.01. The van der Waals surface area contributed by atoms with Crippen molar-refractivity contribution in [3.8, 4) is 5.75 Å². The molecular weight excluding hydrogens is 316 g/mol. The Bertz CT molecular complexity index is 897. The average molecular weight is 336 g/mol. The van der Waals surface area contributed by atoms with E-state index in [-0.39, 0.29) is 12.5 Å². The lowest BCUT2D eigenvalue weighted by atomic mass is 10.1. The zero-order valence-corrected chi connectivity index (χ0v) is 14.3. The Morgan fingerprint density at radius 3 is 2.68 bits per heavy atom. The number of carbonyl (C=O) groups is 1. The molecule has 6 heteroatoms. The summed E-state index contributed by atoms with van der Waals surface area (Å²) in [6.07, 6.45) is 2.37. The fourth-order valence-electron chi connectivity index (χ4n) is 2.59. The van der Waals surface area contributed by atoms with Crippen molar-refractivity contribution in [1.82, 2.24) is 15.0 Å². The number of amides is 1. The molecule has 0 atom stereocenters. The standard InChI is InChI=1S/C19H20N4O2/c1-3-16(14-8-10-15(25-2)11-9-14)21-22-19(24)12-23-13-20-17-6-4-5-7-18(17)23/h4-11,13H,3,12H2,1-2H3,(H,22,24)/b21-16-. The molecule has 0 bridgehead atoms. The molecule has 0 radical (unpaired) electrons. The topological polar surface area (TPSA) is 68.5 Å². The van der Waals surface area contributed by atoms with E-state index in [4.69, 9.17) is 4.74 Å². The van der Waals surface area contributed by atoms with Gasteiger partial charge in [0.1, 0.15) is 12.3 Å². The van der Waals surface area contributed by atoms with E-state index in [2.05, 4.69) is 15.5 Å². The number of nitrogens with one attached hydrogen (secondary N) is 1. The molecule has 0 saturated heterocycles. The van der Waals surface area contributed by atoms with Gasteiger partial charge in [-0.05, 0) is 48.4 Å². The van der Waals surface area contributed by atoms with Crippen LogP contribution in [0.3, 0.4) is 0 Å². The van der Waals surface area contributed by atoms with Crippen molar-refractivity contribution in [2.24, 2.45) is 5.10 Å². The lowest BCUT2D eigenvalue weighted by Gasteiger charge is -2.07. The molecule has 0 saturated carbocycles. The van der Waals surface area contributed by atoms with E-state index in [0.717, 1.165) is 28.1 Å². The third-order valence-corrected chi connectivity index (χ3v) is 3.92. The minimum absolute atomic E-state index is 0.170. The van der Waals surface area contributed by atoms with Crippen molar-refractivity contribution in [3.63, 3.8) is 0 Å². The molecule has 2 aromatic carbocycles. The Kier molecular flexibility index (Phi) is 5.09. The van der Waals surface area contributed by atoms with Crippen LogP contribution >= 0.6 is 0 Å². The van der Waals surface area contributed by atoms with Crippen molar-refractivity contribution < 1.29 is 9.53 Å². The number of methoxy groups -OCH3 is 1. The summed E-state index contributed by atoms with van der Waals surface area (Å²) >= 11 is 0. The molecule has 0 unspecified atom stereocenters. The average Bonchev–Trinajstić information content (AvgIpc) is 3.06. The van der Waals surface area contributed by atoms with Crippen LogP contribution in [0.15, 0.2) is 60.0 Å². The molecule has 1 aromatic heterocycles. The van der Waals surface area contributed by atoms with E-state index in [1.54, 1.807) is 18.0 Å². The Morgan fingerprint density at radius 2 is 1.96 bits per heavy atom. The molecule has 1 amide bonds. The Morgan fingerprint density at radius 1 is 1.20 bits per heavy atom. The SMILES string of the molecule is CC/C(=N/NC(=O)Cn1cnc2ccccc21)c1ccc(OC)cc1. The number of rotatable bonds is 6. The summed E-state index contributed by atoms with van der Waals surface area (Å²) in [5.74, 6) is 0.595. The van der Waals surface area contributed by atoms with E-state index in [9.17, 15) is 4.79 Å². The maximum atomic E-state index is 12.2. The van der Waals surface area contributed by atoms with Crippen LogP contribution < -0.4 is 10.2 Å². The van der Waals surface area contributed by atoms with Gasteiger partial charge in [-0.3, -0.25) is 4.79 Å². The molecular formula is C19H20N4O2. The second-order valence-corrected chi connectivity index (χ2v) is 5.54. The molecule has 3 rings (SSSR count). The van der Waals surface area contributed by atoms with E-state index in [1.807, 2.05) is 55.5 Å². The molecule has 0 fully saturated rings. The van der Waals surface area contributed by atoms with E-state index in [1.165, 1.54) is 0 Å². The van der Waals surface area contributed by atoms with Crippen LogP contribution in [-0.2, 0) is 11.3 Å². The van der Waals surface area contributed by atoms with Crippen LogP contribution in [0.1, 0.15) is 18.9 Å². The fourth-order valence-corrected chi connectivity index (χ4v) is 2.59. The van der Waals surface area contributed by atoms with Gasteiger partial charge in [0.25, 0.3) is 5.91 Å². The van der Waals surface area contributed by atoms with Gasteiger partial charge in [0, 0.05) is 0 Å². The predicted molar refractivity (Wildman–Crippen MR) is 97.7 cm³/mol. The van der Waals surface area contributed by atoms with E-state index >= 15 is 0 Å². The number of hydrogen-bond donors (Lipinski definition) is 1. The number of fused-ring (bicyclic) bond motifs is 1. The molecule has 1 heterocycles. The number of para-hydroxylation sites is 2. The molecule has 0 spiro atoms. The summed E-state index contributed by atoms with van der Waals surface area (Å²) < 4.78 is 6.96. The minimum atomic E-state index is -0.192. The highest BCUT2D eigenvalue weighted by Gasteiger charge is 2.07. The van der Waals surface area contributed by atoms with Gasteiger partial charge in [0.05, 0.1) is 30.2 Å². The Balaban J connectivity index is 1.69. The van der Waals surface area contributed by atoms with Gasteiger partial charge in [-0.1, -0.05) is 19.1 Å². The second kappa shape index (κ2) is 7.61. The first-order valence-electron chi connectivity index (χ1n) is 8.11. The summed E-state index contributed by atoms with van der Waals surface area (Å²) in [5.41, 5.74) is 6.19. The van der Waals surface area contributed by atoms with Crippen LogP contribution in [-0.4, -0.2) is 28.3 Å². The molecule has 3 aromatic rings. The fraction of sp³-hybridized carbons (Fsp3) is 0.211. The largest absolute Gasteiger partial charge is 0.497 e. The van der Waals surface area contributed by atoms with Gasteiger partial charge in [0.2, 0.25) is 0 Å². The summed E-state index contributed by atoms with van der Waals surface area (Å²) in [7, 11) is 1.63. The van der Waals surface area contributed by atoms with Gasteiger partial charge < -0.3 is 9.30 Å². The van der Waals surface area contributed by atoms with Crippen LogP contribution in [0.4, 0.5) is 0 Å². The quantitative estimate of drug-likeness (QED) is 0.556. The number of aromatic nitrogens is 2. The predicted octanol–water partition coefficient (Wildman–Crippen LogP) is 2.98. The number of imidazole rings is 1. The normalized spacial score (nSPS) is 11.5. The third-order valence-electron chi connectivity index (χ3n) is 3.92. The first kappa shape index (κ1) is 16.7. The highest BCUT2D eigenvalue weighted by atomic mass is 16.5. The second-order valence-electron chi connectivity index (χ2n) is 5.54. The molecule has 0 aliphatic rings. The van der Waals surface area contributed by atoms with Gasteiger partial charge in [-0.2, -0.15) is 5.10 Å². The molecule has 1 N–H and O–H groups in total. The third kappa shape index (κ3) is 3.85. The smallest absolute Gasteiger partial charge is 0.260 e. The van der Waals surface area contributed by atoms with Crippen LogP contribution in [0.25, 0.3) is 11.0 Å². The molecule has 0 aliphatic carbocycles. The summed E-state index contributed by atoms with van der Waals surface area (Å²) in [5, 5.41) is 4.27. The minimum Gasteiger partial charge on any atom is -0.497 e. The lowest BCUT2D eigenvalue weighted by molar-refractivity contribution is -0.121. The number of benzene rings is 2. The van der Waals surface area contributed by atoms with Crippen molar-refractivity contribution in [2.45, 2.75) is 19.9 Å². The van der Waals surface area contributed by atoms with Crippen LogP contribution in [0.2, 0.25) is 0 Å². The number of hydrogen-bond acceptors (Lipinski definition) is 4. The monoisotopic (exact) mass is 336 g/mol. The van der Waals surface area contributed by atoms with Gasteiger partial charge in [-0.15, -0.1) is 0 Å². The molecule has 6 nitrogen and oxygen atoms in total. The Hall–Kier alpha value is -3.15. The number of hydrazone groups is 1. The molecule has 128 valence electrons. The summed E-state index contributed by atoms with van der Waals surface area (Å²) in [4.78, 5) is 16.5. The lowest BCUT2D eigenvalue weighted by Crippen LogP contribution is -2.24.